The molecule has 2 N–H and O–H groups in total. The maximum Gasteiger partial charge on any atom is 0.239 e. The van der Waals surface area contributed by atoms with Gasteiger partial charge in [0.2, 0.25) is 5.91 Å². The summed E-state index contributed by atoms with van der Waals surface area (Å²) in [6.45, 7) is 6.07. The molecule has 0 aliphatic carbocycles. The molecule has 1 aromatic carbocycles. The Hall–Kier alpha value is -1.13. The molecule has 5 heteroatoms. The van der Waals surface area contributed by atoms with Crippen LogP contribution in [-0.4, -0.2) is 23.4 Å². The van der Waals surface area contributed by atoms with Crippen LogP contribution in [0.4, 0.5) is 4.39 Å². The van der Waals surface area contributed by atoms with Crippen molar-refractivity contribution in [1.82, 2.24) is 4.90 Å². The van der Waals surface area contributed by atoms with E-state index in [1.165, 1.54) is 12.1 Å². The Bertz CT molecular complexity index is 381. The van der Waals surface area contributed by atoms with E-state index in [2.05, 4.69) is 0 Å². The summed E-state index contributed by atoms with van der Waals surface area (Å²) in [4.78, 5) is 13.6. The van der Waals surface area contributed by atoms with Gasteiger partial charge in [-0.2, -0.15) is 0 Å². The molecule has 102 valence electrons. The summed E-state index contributed by atoms with van der Waals surface area (Å²) in [7, 11) is 0. The Labute approximate surface area is 114 Å². The molecule has 1 unspecified atom stereocenters. The van der Waals surface area contributed by atoms with Gasteiger partial charge in [0, 0.05) is 6.54 Å². The fourth-order valence-corrected chi connectivity index (χ4v) is 1.80. The first-order valence-corrected chi connectivity index (χ1v) is 5.78. The fraction of sp³-hybridized carbons (Fsp3) is 0.462. The lowest BCUT2D eigenvalue weighted by atomic mass is 10.1. The molecule has 0 aromatic heterocycles. The Balaban J connectivity index is 0.00000289. The van der Waals surface area contributed by atoms with Crippen LogP contribution in [0.5, 0.6) is 0 Å². The third-order valence-electron chi connectivity index (χ3n) is 2.83. The second-order valence-electron chi connectivity index (χ2n) is 4.14. The lowest BCUT2D eigenvalue weighted by Gasteiger charge is -2.29. The number of nitrogens with zero attached hydrogens (tertiary/aromatic N) is 1. The first kappa shape index (κ1) is 16.9. The minimum absolute atomic E-state index is 0. The highest BCUT2D eigenvalue weighted by Gasteiger charge is 2.22. The lowest BCUT2D eigenvalue weighted by Crippen LogP contribution is -2.43. The molecule has 0 aliphatic rings. The Morgan fingerprint density at radius 2 is 1.83 bits per heavy atom. The second kappa shape index (κ2) is 7.34. The number of amides is 1. The van der Waals surface area contributed by atoms with Crippen molar-refractivity contribution in [1.29, 1.82) is 0 Å². The maximum absolute atomic E-state index is 12.8. The van der Waals surface area contributed by atoms with E-state index in [0.29, 0.717) is 6.54 Å². The van der Waals surface area contributed by atoms with Gasteiger partial charge in [-0.15, -0.1) is 12.4 Å². The molecule has 18 heavy (non-hydrogen) atoms. The summed E-state index contributed by atoms with van der Waals surface area (Å²) in [6.07, 6.45) is 0. The SMILES string of the molecule is CCN(C(=O)[C@@H](C)N)C(C)c1ccc(F)cc1.Cl. The Kier molecular flexibility index (Phi) is 6.88. The predicted molar refractivity (Wildman–Crippen MR) is 73.1 cm³/mol. The molecule has 2 atom stereocenters. The van der Waals surface area contributed by atoms with Gasteiger partial charge in [0.1, 0.15) is 5.82 Å². The van der Waals surface area contributed by atoms with Gasteiger partial charge in [0.25, 0.3) is 0 Å². The van der Waals surface area contributed by atoms with Crippen LogP contribution in [0.25, 0.3) is 0 Å². The summed E-state index contributed by atoms with van der Waals surface area (Å²) >= 11 is 0. The maximum atomic E-state index is 12.8. The molecule has 0 aliphatic heterocycles. The van der Waals surface area contributed by atoms with Crippen LogP contribution in [0.1, 0.15) is 32.4 Å². The average Bonchev–Trinajstić information content (AvgIpc) is 2.30. The van der Waals surface area contributed by atoms with Crippen molar-refractivity contribution in [2.45, 2.75) is 32.9 Å². The first-order chi connectivity index (χ1) is 7.97. The summed E-state index contributed by atoms with van der Waals surface area (Å²) < 4.78 is 12.8. The third-order valence-corrected chi connectivity index (χ3v) is 2.83. The molecule has 0 heterocycles. The third kappa shape index (κ3) is 3.96. The number of likely N-dealkylation sites (N-methyl/N-ethyl adjacent to an activating group) is 1. The number of rotatable bonds is 4. The number of nitrogens with two attached hydrogens (primary N) is 1. The van der Waals surface area contributed by atoms with Gasteiger partial charge in [-0.05, 0) is 38.5 Å². The Morgan fingerprint density at radius 3 is 2.22 bits per heavy atom. The normalized spacial score (nSPS) is 13.4. The average molecular weight is 275 g/mol. The minimum atomic E-state index is -0.516. The zero-order valence-electron chi connectivity index (χ0n) is 10.9. The zero-order valence-corrected chi connectivity index (χ0v) is 11.7. The van der Waals surface area contributed by atoms with Gasteiger partial charge < -0.3 is 10.6 Å². The molecule has 0 spiro atoms. The zero-order chi connectivity index (χ0) is 13.0. The Morgan fingerprint density at radius 1 is 1.33 bits per heavy atom. The number of carbonyl (C=O) groups excluding carboxylic acids is 1. The summed E-state index contributed by atoms with van der Waals surface area (Å²) in [5, 5.41) is 0. The van der Waals surface area contributed by atoms with Crippen molar-refractivity contribution < 1.29 is 9.18 Å². The van der Waals surface area contributed by atoms with Crippen molar-refractivity contribution in [3.8, 4) is 0 Å². The van der Waals surface area contributed by atoms with E-state index >= 15 is 0 Å². The van der Waals surface area contributed by atoms with E-state index in [4.69, 9.17) is 5.73 Å². The fourth-order valence-electron chi connectivity index (χ4n) is 1.80. The first-order valence-electron chi connectivity index (χ1n) is 5.78. The smallest absolute Gasteiger partial charge is 0.239 e. The molecular weight excluding hydrogens is 255 g/mol. The number of hydrogen-bond acceptors (Lipinski definition) is 2. The van der Waals surface area contributed by atoms with E-state index in [1.807, 2.05) is 13.8 Å². The van der Waals surface area contributed by atoms with Gasteiger partial charge in [-0.25, -0.2) is 4.39 Å². The predicted octanol–water partition coefficient (Wildman–Crippen LogP) is 2.50. The number of halogens is 2. The van der Waals surface area contributed by atoms with E-state index in [-0.39, 0.29) is 30.2 Å². The molecule has 0 radical (unpaired) electrons. The van der Waals surface area contributed by atoms with Gasteiger partial charge in [-0.3, -0.25) is 4.79 Å². The van der Waals surface area contributed by atoms with Crippen LogP contribution < -0.4 is 5.73 Å². The molecule has 0 saturated heterocycles. The van der Waals surface area contributed by atoms with Crippen LogP contribution in [0.2, 0.25) is 0 Å². The number of carbonyl (C=O) groups is 1. The van der Waals surface area contributed by atoms with Crippen molar-refractivity contribution in [3.63, 3.8) is 0 Å². The standard InChI is InChI=1S/C13H19FN2O.ClH/c1-4-16(13(17)9(2)15)10(3)11-5-7-12(14)8-6-11;/h5-10H,4,15H2,1-3H3;1H/t9-,10?;/m1./s1. The second-order valence-corrected chi connectivity index (χ2v) is 4.14. The van der Waals surface area contributed by atoms with E-state index in [9.17, 15) is 9.18 Å². The number of hydrogen-bond donors (Lipinski definition) is 1. The summed E-state index contributed by atoms with van der Waals surface area (Å²) in [5.74, 6) is -0.369. The highest BCUT2D eigenvalue weighted by Crippen LogP contribution is 2.20. The molecule has 0 fully saturated rings. The van der Waals surface area contributed by atoms with Crippen molar-refractivity contribution in [2.75, 3.05) is 6.54 Å². The van der Waals surface area contributed by atoms with Crippen molar-refractivity contribution in [3.05, 3.63) is 35.6 Å². The summed E-state index contributed by atoms with van der Waals surface area (Å²) in [5.41, 5.74) is 6.51. The quantitative estimate of drug-likeness (QED) is 0.917. The van der Waals surface area contributed by atoms with Crippen LogP contribution >= 0.6 is 12.4 Å². The monoisotopic (exact) mass is 274 g/mol. The van der Waals surface area contributed by atoms with Crippen LogP contribution in [-0.2, 0) is 4.79 Å². The van der Waals surface area contributed by atoms with Gasteiger partial charge >= 0.3 is 0 Å². The van der Waals surface area contributed by atoms with E-state index in [1.54, 1.807) is 24.0 Å². The van der Waals surface area contributed by atoms with Gasteiger partial charge in [0.15, 0.2) is 0 Å². The highest BCUT2D eigenvalue weighted by molar-refractivity contribution is 5.85. The van der Waals surface area contributed by atoms with Crippen molar-refractivity contribution >= 4 is 18.3 Å². The largest absolute Gasteiger partial charge is 0.335 e. The van der Waals surface area contributed by atoms with Crippen molar-refractivity contribution in [2.24, 2.45) is 5.73 Å². The van der Waals surface area contributed by atoms with Gasteiger partial charge in [-0.1, -0.05) is 12.1 Å². The number of benzene rings is 1. The van der Waals surface area contributed by atoms with Gasteiger partial charge in [0.05, 0.1) is 12.1 Å². The highest BCUT2D eigenvalue weighted by atomic mass is 35.5. The molecular formula is C13H20ClFN2O. The molecule has 0 saturated carbocycles. The lowest BCUT2D eigenvalue weighted by molar-refractivity contribution is -0.134. The summed E-state index contributed by atoms with van der Waals surface area (Å²) in [6, 6.07) is 5.57. The van der Waals surface area contributed by atoms with Crippen LogP contribution in [0.3, 0.4) is 0 Å². The molecule has 1 rings (SSSR count). The van der Waals surface area contributed by atoms with Crippen LogP contribution in [0.15, 0.2) is 24.3 Å². The molecule has 1 aromatic rings. The van der Waals surface area contributed by atoms with E-state index in [0.717, 1.165) is 5.56 Å². The van der Waals surface area contributed by atoms with E-state index < -0.39 is 6.04 Å². The minimum Gasteiger partial charge on any atom is -0.335 e. The molecule has 0 bridgehead atoms. The topological polar surface area (TPSA) is 46.3 Å². The molecule has 3 nitrogen and oxygen atoms in total. The molecule has 1 amide bonds. The van der Waals surface area contributed by atoms with Crippen LogP contribution in [0, 0.1) is 5.82 Å².